The lowest BCUT2D eigenvalue weighted by molar-refractivity contribution is -0.161. The van der Waals surface area contributed by atoms with Crippen LogP contribution in [0.1, 0.15) is 92.7 Å². The predicted molar refractivity (Wildman–Crippen MR) is 311 cm³/mol. The molecular formula is C55H88N14O20. The first-order valence-electron chi connectivity index (χ1n) is 28.3. The third kappa shape index (κ3) is 22.8. The normalized spacial score (nSPS) is 23.5. The number of carbonyl (C=O) groups excluding carboxylic acids is 14. The van der Waals surface area contributed by atoms with E-state index in [9.17, 15) is 82.4 Å². The molecule has 0 spiro atoms. The Hall–Kier alpha value is -8.60. The quantitative estimate of drug-likeness (QED) is 0.0405. The molecule has 34 nitrogen and oxygen atoms in total. The summed E-state index contributed by atoms with van der Waals surface area (Å²) in [5.74, 6) is -18.7. The zero-order valence-electron chi connectivity index (χ0n) is 51.9. The Morgan fingerprint density at radius 1 is 0.730 bits per heavy atom. The van der Waals surface area contributed by atoms with Crippen LogP contribution in [0.5, 0.6) is 5.75 Å². The summed E-state index contributed by atoms with van der Waals surface area (Å²) in [6.07, 6.45) is -8.77. The number of methoxy groups -OCH3 is 2. The molecule has 0 bridgehead atoms. The van der Waals surface area contributed by atoms with Crippen LogP contribution in [0.2, 0.25) is 0 Å². The van der Waals surface area contributed by atoms with Crippen LogP contribution in [0.3, 0.4) is 0 Å². The van der Waals surface area contributed by atoms with E-state index in [2.05, 4.69) is 42.5 Å². The molecule has 3 unspecified atom stereocenters. The van der Waals surface area contributed by atoms with Gasteiger partial charge in [-0.2, -0.15) is 0 Å². The largest absolute Gasteiger partial charge is 0.508 e. The smallest absolute Gasteiger partial charge is 0.328 e. The molecule has 1 aromatic rings. The van der Waals surface area contributed by atoms with Gasteiger partial charge in [0.05, 0.1) is 25.7 Å². The van der Waals surface area contributed by atoms with E-state index in [1.54, 1.807) is 13.8 Å². The Morgan fingerprint density at radius 3 is 1.83 bits per heavy atom. The highest BCUT2D eigenvalue weighted by molar-refractivity contribution is 6.00. The molecule has 13 amide bonds. The summed E-state index contributed by atoms with van der Waals surface area (Å²) in [6.45, 7) is 9.15. The summed E-state index contributed by atoms with van der Waals surface area (Å²) in [4.78, 5) is 194. The van der Waals surface area contributed by atoms with Crippen LogP contribution in [0, 0.1) is 17.8 Å². The summed E-state index contributed by atoms with van der Waals surface area (Å²) in [7, 11) is 4.66. The number of aliphatic hydroxyl groups excluding tert-OH is 2. The number of nitrogens with one attached hydrogen (secondary N) is 8. The van der Waals surface area contributed by atoms with E-state index in [0.29, 0.717) is 0 Å². The number of aliphatic hydroxyl groups is 2. The zero-order valence-corrected chi connectivity index (χ0v) is 51.9. The second-order valence-electron chi connectivity index (χ2n) is 22.2. The number of likely N-dealkylation sites (N-methyl/N-ethyl adjacent to an activating group) is 2. The van der Waals surface area contributed by atoms with E-state index in [1.165, 1.54) is 66.1 Å². The summed E-state index contributed by atoms with van der Waals surface area (Å²) in [5, 5.41) is 49.3. The molecule has 16 atom stereocenters. The van der Waals surface area contributed by atoms with Crippen molar-refractivity contribution < 1.29 is 96.7 Å². The monoisotopic (exact) mass is 1260 g/mol. The van der Waals surface area contributed by atoms with Crippen molar-refractivity contribution in [1.29, 1.82) is 0 Å². The average Bonchev–Trinajstić information content (AvgIpc) is 1.93. The number of aromatic hydroxyl groups is 1. The van der Waals surface area contributed by atoms with E-state index in [4.69, 9.17) is 37.1 Å². The number of nitrogens with two attached hydrogens (primary N) is 4. The predicted octanol–water partition coefficient (Wildman–Crippen LogP) is -7.11. The van der Waals surface area contributed by atoms with Gasteiger partial charge in [-0.05, 0) is 70.1 Å². The van der Waals surface area contributed by atoms with Crippen LogP contribution < -0.4 is 65.5 Å². The number of esters is 1. The van der Waals surface area contributed by atoms with Crippen LogP contribution in [-0.4, -0.2) is 228 Å². The van der Waals surface area contributed by atoms with Gasteiger partial charge in [-0.3, -0.25) is 62.3 Å². The van der Waals surface area contributed by atoms with Crippen molar-refractivity contribution in [1.82, 2.24) is 52.3 Å². The van der Waals surface area contributed by atoms with Gasteiger partial charge in [-0.15, -0.1) is 0 Å². The second-order valence-corrected chi connectivity index (χ2v) is 22.2. The van der Waals surface area contributed by atoms with Crippen molar-refractivity contribution in [3.05, 3.63) is 29.8 Å². The van der Waals surface area contributed by atoms with E-state index >= 15 is 0 Å². The Balaban J connectivity index is 2.91. The molecule has 1 saturated heterocycles. The number of benzene rings is 1. The molecule has 498 valence electrons. The van der Waals surface area contributed by atoms with Gasteiger partial charge >= 0.3 is 5.97 Å². The number of phenolic OH excluding ortho intramolecular Hbond substituents is 1. The van der Waals surface area contributed by atoms with Crippen molar-refractivity contribution >= 4 is 82.8 Å². The molecule has 1 aliphatic heterocycles. The van der Waals surface area contributed by atoms with Crippen molar-refractivity contribution in [2.75, 3.05) is 41.5 Å². The number of cyclic esters (lactones) is 1. The molecule has 1 fully saturated rings. The third-order valence-corrected chi connectivity index (χ3v) is 14.7. The van der Waals surface area contributed by atoms with Gasteiger partial charge in [-0.25, -0.2) is 4.79 Å². The van der Waals surface area contributed by atoms with Crippen molar-refractivity contribution in [3.8, 4) is 5.75 Å². The second kappa shape index (κ2) is 35.4. The third-order valence-electron chi connectivity index (χ3n) is 14.7. The first-order valence-corrected chi connectivity index (χ1v) is 28.3. The molecule has 1 aromatic carbocycles. The number of rotatable bonds is 25. The number of ether oxygens (including phenoxy) is 3. The van der Waals surface area contributed by atoms with Crippen LogP contribution in [0.15, 0.2) is 24.3 Å². The van der Waals surface area contributed by atoms with Gasteiger partial charge < -0.3 is 105 Å². The van der Waals surface area contributed by atoms with Gasteiger partial charge in [0.25, 0.3) is 0 Å². The molecule has 34 heteroatoms. The number of phenols is 1. The molecule has 0 aromatic heterocycles. The molecule has 0 radical (unpaired) electrons. The van der Waals surface area contributed by atoms with E-state index in [1.807, 2.05) is 0 Å². The highest BCUT2D eigenvalue weighted by Crippen LogP contribution is 2.26. The fraction of sp³-hybridized carbons (Fsp3) is 0.636. The fourth-order valence-corrected chi connectivity index (χ4v) is 9.04. The van der Waals surface area contributed by atoms with Gasteiger partial charge in [0.2, 0.25) is 76.8 Å². The number of hydrogen-bond acceptors (Lipinski definition) is 21. The number of hydrogen-bond donors (Lipinski definition) is 15. The maximum Gasteiger partial charge on any atom is 0.328 e. The first-order chi connectivity index (χ1) is 41.4. The lowest BCUT2D eigenvalue weighted by atomic mass is 9.87. The lowest BCUT2D eigenvalue weighted by Gasteiger charge is -2.36. The standard InChI is InChI=1S/C55H88N14O20/c1-23(2)19-32-53(84)69(10)34(17-18-36(57)73)48(79)67-43(44(88-12)30-13-15-31(71)16-14-30)54(85)68(9)27(6)55(86)89-29(8)42(52(83)62-33(22-87-11)47(78)60-21-38(75)61-32)66-49(80)39(24(3)25(4)45(58)76)64-50(81)40(26(5)56)65-51(82)41(28(7)70)63-37(74)20-35(72)46(59)77/h13-16,23-29,32-35,39-44,70-72H,17-22,56H2,1-12H3,(H2,57,73)(H2,58,76)(H2,59,77)(H,60,78)(H,61,75)(H,62,83)(H,63,74)(H,64,81)(H,65,82)(H,66,80)(H,67,79)/t24?,25?,26-,27-,28+,29+,32-,33+,34-,35-,39?,40-,41+,42+,43+,44+/m0/s1. The van der Waals surface area contributed by atoms with E-state index in [0.717, 1.165) is 37.8 Å². The summed E-state index contributed by atoms with van der Waals surface area (Å²) in [5.41, 5.74) is 22.5. The summed E-state index contributed by atoms with van der Waals surface area (Å²) < 4.78 is 16.7. The molecule has 1 heterocycles. The van der Waals surface area contributed by atoms with Gasteiger partial charge in [0.1, 0.15) is 78.4 Å². The molecule has 89 heavy (non-hydrogen) atoms. The van der Waals surface area contributed by atoms with Gasteiger partial charge in [0, 0.05) is 46.7 Å². The number of carbonyl (C=O) groups is 14. The van der Waals surface area contributed by atoms with Crippen LogP contribution in [0.25, 0.3) is 0 Å². The minimum atomic E-state index is -2.12. The Bertz CT molecular complexity index is 2720. The van der Waals surface area contributed by atoms with Crippen molar-refractivity contribution in [2.45, 2.75) is 166 Å². The van der Waals surface area contributed by atoms with E-state index < -0.39 is 212 Å². The zero-order chi connectivity index (χ0) is 68.1. The van der Waals surface area contributed by atoms with Crippen LogP contribution in [0.4, 0.5) is 0 Å². The minimum Gasteiger partial charge on any atom is -0.508 e. The maximum atomic E-state index is 14.9. The minimum absolute atomic E-state index is 0.0404. The highest BCUT2D eigenvalue weighted by atomic mass is 16.5. The summed E-state index contributed by atoms with van der Waals surface area (Å²) in [6, 6.07) is -12.0. The fourth-order valence-electron chi connectivity index (χ4n) is 9.04. The maximum absolute atomic E-state index is 14.9. The Morgan fingerprint density at radius 2 is 1.31 bits per heavy atom. The molecule has 19 N–H and O–H groups in total. The SMILES string of the molecule is COC[C@H]1NC(=O)[C@H](NC(=O)C(NC(=O)[C@@H](NC(=O)[C@H](NC(=O)C[C@H](O)C(N)=O)[C@@H](C)O)[C@H](C)N)C(C)C(C)C(N)=O)[C@@H](C)OC(=O)[C@H](C)N(C)C(=O)[C@@H]([C@H](OC)c2ccc(O)cc2)NC(=O)[C@H](CCC(N)=O)N(C)C(=O)[C@H](CC(C)C)NC(=O)CNC1=O. The number of nitrogens with zero attached hydrogens (tertiary/aromatic N) is 2. The van der Waals surface area contributed by atoms with E-state index in [-0.39, 0.29) is 23.7 Å². The molecular weight excluding hydrogens is 1180 g/mol. The number of primary amides is 3. The van der Waals surface area contributed by atoms with Crippen LogP contribution >= 0.6 is 0 Å². The molecule has 0 aliphatic carbocycles. The van der Waals surface area contributed by atoms with Crippen LogP contribution in [-0.2, 0) is 81.3 Å². The average molecular weight is 1270 g/mol. The number of amides is 13. The summed E-state index contributed by atoms with van der Waals surface area (Å²) >= 11 is 0. The molecule has 2 rings (SSSR count). The topological polar surface area (TPSA) is 534 Å². The molecule has 0 saturated carbocycles. The van der Waals surface area contributed by atoms with Gasteiger partial charge in [0.15, 0.2) is 0 Å². The first kappa shape index (κ1) is 76.5. The lowest BCUT2D eigenvalue weighted by Crippen LogP contribution is -2.65. The Kier molecular flexibility index (Phi) is 30.4. The highest BCUT2D eigenvalue weighted by Gasteiger charge is 2.44. The Labute approximate surface area is 514 Å². The molecule has 1 aliphatic rings. The van der Waals surface area contributed by atoms with Gasteiger partial charge in [-0.1, -0.05) is 39.8 Å². The van der Waals surface area contributed by atoms with Crippen molar-refractivity contribution in [3.63, 3.8) is 0 Å². The van der Waals surface area contributed by atoms with Crippen molar-refractivity contribution in [2.24, 2.45) is 40.7 Å².